The van der Waals surface area contributed by atoms with E-state index in [0.29, 0.717) is 5.92 Å². The number of aliphatic hydroxyl groups is 2. The summed E-state index contributed by atoms with van der Waals surface area (Å²) < 4.78 is 0. The van der Waals surface area contributed by atoms with E-state index in [1.165, 1.54) is 0 Å². The largest absolute Gasteiger partial charge is 0.396 e. The summed E-state index contributed by atoms with van der Waals surface area (Å²) in [5, 5.41) is 17.4. The van der Waals surface area contributed by atoms with Crippen LogP contribution in [0.2, 0.25) is 0 Å². The van der Waals surface area contributed by atoms with Gasteiger partial charge >= 0.3 is 0 Å². The highest BCUT2D eigenvalue weighted by atomic mass is 16.3. The molecule has 0 bridgehead atoms. The average molecular weight is 189 g/mol. The molecule has 1 unspecified atom stereocenters. The molecule has 0 aromatic carbocycles. The second-order valence-electron chi connectivity index (χ2n) is 3.53. The number of rotatable bonds is 9. The zero-order valence-corrected chi connectivity index (χ0v) is 8.41. The van der Waals surface area contributed by atoms with E-state index in [9.17, 15) is 0 Å². The van der Waals surface area contributed by atoms with Gasteiger partial charge in [-0.3, -0.25) is 0 Å². The second kappa shape index (κ2) is 9.96. The van der Waals surface area contributed by atoms with Crippen LogP contribution in [0.5, 0.6) is 0 Å². The van der Waals surface area contributed by atoms with Gasteiger partial charge in [0, 0.05) is 13.2 Å². The lowest BCUT2D eigenvalue weighted by Gasteiger charge is -2.14. The number of nitrogens with two attached hydrogens (primary N) is 1. The molecular weight excluding hydrogens is 166 g/mol. The van der Waals surface area contributed by atoms with Crippen LogP contribution in [-0.2, 0) is 0 Å². The molecule has 0 saturated heterocycles. The number of hydrogen-bond acceptors (Lipinski definition) is 3. The Bertz CT molecular complexity index is 98.9. The highest BCUT2D eigenvalue weighted by Gasteiger charge is 2.06. The SMILES string of the molecule is NCCCC(CCO)CCCCO. The van der Waals surface area contributed by atoms with Crippen molar-refractivity contribution in [2.24, 2.45) is 11.7 Å². The van der Waals surface area contributed by atoms with E-state index in [1.54, 1.807) is 0 Å². The monoisotopic (exact) mass is 189 g/mol. The predicted molar refractivity (Wildman–Crippen MR) is 54.4 cm³/mol. The zero-order chi connectivity index (χ0) is 9.94. The maximum atomic E-state index is 8.81. The second-order valence-corrected chi connectivity index (χ2v) is 3.53. The molecule has 0 aliphatic carbocycles. The average Bonchev–Trinajstić information content (AvgIpc) is 2.14. The smallest absolute Gasteiger partial charge is 0.0433 e. The van der Waals surface area contributed by atoms with Crippen molar-refractivity contribution in [3.8, 4) is 0 Å². The maximum Gasteiger partial charge on any atom is 0.0433 e. The summed E-state index contributed by atoms with van der Waals surface area (Å²) in [7, 11) is 0. The van der Waals surface area contributed by atoms with Crippen LogP contribution < -0.4 is 5.73 Å². The van der Waals surface area contributed by atoms with E-state index in [2.05, 4.69) is 0 Å². The topological polar surface area (TPSA) is 66.5 Å². The Morgan fingerprint density at radius 1 is 0.846 bits per heavy atom. The number of unbranched alkanes of at least 4 members (excludes halogenated alkanes) is 1. The third-order valence-electron chi connectivity index (χ3n) is 2.37. The highest BCUT2D eigenvalue weighted by Crippen LogP contribution is 2.17. The number of hydrogen-bond donors (Lipinski definition) is 3. The predicted octanol–water partition coefficient (Wildman–Crippen LogP) is 0.886. The van der Waals surface area contributed by atoms with E-state index in [1.807, 2.05) is 0 Å². The summed E-state index contributed by atoms with van der Waals surface area (Å²) >= 11 is 0. The fourth-order valence-electron chi connectivity index (χ4n) is 1.57. The van der Waals surface area contributed by atoms with Crippen molar-refractivity contribution in [2.75, 3.05) is 19.8 Å². The van der Waals surface area contributed by atoms with Gasteiger partial charge in [0.05, 0.1) is 0 Å². The van der Waals surface area contributed by atoms with Crippen molar-refractivity contribution in [1.29, 1.82) is 0 Å². The van der Waals surface area contributed by atoms with E-state index < -0.39 is 0 Å². The lowest BCUT2D eigenvalue weighted by atomic mass is 9.94. The van der Waals surface area contributed by atoms with Crippen LogP contribution in [0.3, 0.4) is 0 Å². The molecule has 13 heavy (non-hydrogen) atoms. The normalized spacial score (nSPS) is 13.2. The molecule has 0 heterocycles. The van der Waals surface area contributed by atoms with Crippen LogP contribution in [0.15, 0.2) is 0 Å². The maximum absolute atomic E-state index is 8.81. The Balaban J connectivity index is 3.41. The van der Waals surface area contributed by atoms with Crippen molar-refractivity contribution in [3.63, 3.8) is 0 Å². The van der Waals surface area contributed by atoms with E-state index in [4.69, 9.17) is 15.9 Å². The molecule has 80 valence electrons. The summed E-state index contributed by atoms with van der Waals surface area (Å²) in [5.74, 6) is 0.597. The minimum atomic E-state index is 0.272. The quantitative estimate of drug-likeness (QED) is 0.472. The summed E-state index contributed by atoms with van der Waals surface area (Å²) in [5.41, 5.74) is 5.43. The van der Waals surface area contributed by atoms with Crippen LogP contribution in [0.25, 0.3) is 0 Å². The Hall–Kier alpha value is -0.120. The van der Waals surface area contributed by atoms with Gasteiger partial charge in [-0.25, -0.2) is 0 Å². The van der Waals surface area contributed by atoms with Gasteiger partial charge in [0.25, 0.3) is 0 Å². The summed E-state index contributed by atoms with van der Waals surface area (Å²) in [6.45, 7) is 1.29. The molecule has 0 aromatic rings. The fraction of sp³-hybridized carbons (Fsp3) is 1.00. The Kier molecular flexibility index (Phi) is 9.87. The van der Waals surface area contributed by atoms with Crippen LogP contribution >= 0.6 is 0 Å². The van der Waals surface area contributed by atoms with Gasteiger partial charge in [-0.2, -0.15) is 0 Å². The molecule has 0 radical (unpaired) electrons. The van der Waals surface area contributed by atoms with Gasteiger partial charge in [-0.1, -0.05) is 12.8 Å². The van der Waals surface area contributed by atoms with Crippen molar-refractivity contribution in [1.82, 2.24) is 0 Å². The number of aliphatic hydroxyl groups excluding tert-OH is 2. The fourth-order valence-corrected chi connectivity index (χ4v) is 1.57. The Labute approximate surface area is 81.0 Å². The molecule has 0 amide bonds. The molecule has 1 atom stereocenters. The first kappa shape index (κ1) is 12.9. The minimum absolute atomic E-state index is 0.272. The van der Waals surface area contributed by atoms with Gasteiger partial charge in [0.1, 0.15) is 0 Å². The molecule has 3 heteroatoms. The molecule has 3 nitrogen and oxygen atoms in total. The molecule has 0 aliphatic heterocycles. The van der Waals surface area contributed by atoms with Crippen molar-refractivity contribution in [2.45, 2.75) is 38.5 Å². The molecule has 0 saturated carbocycles. The minimum Gasteiger partial charge on any atom is -0.396 e. The van der Waals surface area contributed by atoms with Gasteiger partial charge < -0.3 is 15.9 Å². The molecule has 0 fully saturated rings. The van der Waals surface area contributed by atoms with E-state index in [-0.39, 0.29) is 13.2 Å². The molecule has 4 N–H and O–H groups in total. The van der Waals surface area contributed by atoms with Crippen molar-refractivity contribution in [3.05, 3.63) is 0 Å². The van der Waals surface area contributed by atoms with Crippen molar-refractivity contribution >= 4 is 0 Å². The Morgan fingerprint density at radius 2 is 1.54 bits per heavy atom. The zero-order valence-electron chi connectivity index (χ0n) is 8.41. The summed E-state index contributed by atoms with van der Waals surface area (Å²) in [6, 6.07) is 0. The van der Waals surface area contributed by atoms with Crippen LogP contribution in [0.4, 0.5) is 0 Å². The molecule has 0 spiro atoms. The lowest BCUT2D eigenvalue weighted by Crippen LogP contribution is -2.07. The highest BCUT2D eigenvalue weighted by molar-refractivity contribution is 4.60. The Morgan fingerprint density at radius 3 is 2.08 bits per heavy atom. The van der Waals surface area contributed by atoms with Gasteiger partial charge in [0.2, 0.25) is 0 Å². The first-order chi connectivity index (χ1) is 6.35. The molecular formula is C10H23NO2. The molecule has 0 aliphatic rings. The van der Waals surface area contributed by atoms with Crippen LogP contribution in [-0.4, -0.2) is 30.0 Å². The van der Waals surface area contributed by atoms with Gasteiger partial charge in [0.15, 0.2) is 0 Å². The lowest BCUT2D eigenvalue weighted by molar-refractivity contribution is 0.235. The summed E-state index contributed by atoms with van der Waals surface area (Å²) in [4.78, 5) is 0. The van der Waals surface area contributed by atoms with Crippen molar-refractivity contribution < 1.29 is 10.2 Å². The van der Waals surface area contributed by atoms with Crippen LogP contribution in [0, 0.1) is 5.92 Å². The molecule has 0 rings (SSSR count). The third kappa shape index (κ3) is 8.22. The van der Waals surface area contributed by atoms with E-state index >= 15 is 0 Å². The van der Waals surface area contributed by atoms with E-state index in [0.717, 1.165) is 45.1 Å². The third-order valence-corrected chi connectivity index (χ3v) is 2.37. The van der Waals surface area contributed by atoms with Gasteiger partial charge in [-0.05, 0) is 38.1 Å². The first-order valence-corrected chi connectivity index (χ1v) is 5.27. The first-order valence-electron chi connectivity index (χ1n) is 5.27. The standard InChI is InChI=1S/C10H23NO2/c11-7-3-5-10(6-9-13)4-1-2-8-12/h10,12-13H,1-9,11H2. The summed E-state index contributed by atoms with van der Waals surface area (Å²) in [6.07, 6.45) is 6.09. The molecule has 0 aromatic heterocycles. The van der Waals surface area contributed by atoms with Gasteiger partial charge in [-0.15, -0.1) is 0 Å². The van der Waals surface area contributed by atoms with Crippen LogP contribution in [0.1, 0.15) is 38.5 Å².